The van der Waals surface area contributed by atoms with E-state index in [2.05, 4.69) is 10.6 Å². The van der Waals surface area contributed by atoms with Crippen LogP contribution in [0.2, 0.25) is 0 Å². The minimum absolute atomic E-state index is 0.0431. The monoisotopic (exact) mass is 444 g/mol. The first-order chi connectivity index (χ1) is 14.7. The Kier molecular flexibility index (Phi) is 16.1. The first-order valence-corrected chi connectivity index (χ1v) is 10.7. The van der Waals surface area contributed by atoms with Crippen LogP contribution in [0, 0.1) is 0 Å². The van der Waals surface area contributed by atoms with Crippen molar-refractivity contribution in [2.45, 2.75) is 57.0 Å². The van der Waals surface area contributed by atoms with Crippen LogP contribution in [0.5, 0.6) is 0 Å². The zero-order chi connectivity index (χ0) is 23.6. The zero-order valence-corrected chi connectivity index (χ0v) is 18.3. The molecule has 2 atom stereocenters. The molecule has 0 rings (SSSR count). The molecule has 31 heavy (non-hydrogen) atoms. The van der Waals surface area contributed by atoms with Crippen LogP contribution in [-0.4, -0.2) is 79.9 Å². The van der Waals surface area contributed by atoms with E-state index in [0.717, 1.165) is 19.3 Å². The molecular formula is C19H40N8O4. The van der Waals surface area contributed by atoms with Gasteiger partial charge in [0, 0.05) is 38.6 Å². The quantitative estimate of drug-likeness (QED) is 0.106. The Labute approximate surface area is 184 Å². The third-order valence-electron chi connectivity index (χ3n) is 4.64. The number of primary amides is 1. The van der Waals surface area contributed by atoms with Gasteiger partial charge in [-0.25, -0.2) is 0 Å². The van der Waals surface area contributed by atoms with Crippen molar-refractivity contribution in [2.75, 3.05) is 39.3 Å². The summed E-state index contributed by atoms with van der Waals surface area (Å²) < 4.78 is 0. The van der Waals surface area contributed by atoms with Gasteiger partial charge in [0.1, 0.15) is 13.1 Å². The topological polar surface area (TPSA) is 226 Å². The van der Waals surface area contributed by atoms with Crippen LogP contribution in [0.4, 0.5) is 0 Å². The molecule has 12 nitrogen and oxygen atoms in total. The van der Waals surface area contributed by atoms with E-state index in [-0.39, 0.29) is 49.8 Å². The highest BCUT2D eigenvalue weighted by molar-refractivity contribution is 5.89. The van der Waals surface area contributed by atoms with Gasteiger partial charge in [-0.05, 0) is 32.1 Å². The maximum atomic E-state index is 12.2. The molecule has 0 aromatic carbocycles. The van der Waals surface area contributed by atoms with Gasteiger partial charge in [0.25, 0.3) is 0 Å². The predicted octanol–water partition coefficient (Wildman–Crippen LogP) is -3.16. The number of nitrogens with one attached hydrogen (secondary N) is 2. The third kappa shape index (κ3) is 15.2. The normalized spacial score (nSPS) is 12.6. The van der Waals surface area contributed by atoms with E-state index in [9.17, 15) is 19.2 Å². The van der Waals surface area contributed by atoms with Gasteiger partial charge in [-0.15, -0.1) is 0 Å². The molecule has 0 heterocycles. The summed E-state index contributed by atoms with van der Waals surface area (Å²) in [4.78, 5) is 48.6. The van der Waals surface area contributed by atoms with E-state index < -0.39 is 11.9 Å². The van der Waals surface area contributed by atoms with Crippen LogP contribution in [0.1, 0.15) is 44.9 Å². The summed E-state index contributed by atoms with van der Waals surface area (Å²) in [7, 11) is 0. The van der Waals surface area contributed by atoms with E-state index in [4.69, 9.17) is 28.7 Å². The van der Waals surface area contributed by atoms with Crippen molar-refractivity contribution in [3.63, 3.8) is 0 Å². The molecule has 0 fully saturated rings. The fraction of sp³-hybridized carbons (Fsp3) is 0.789. The molecule has 0 aromatic heterocycles. The average molecular weight is 445 g/mol. The lowest BCUT2D eigenvalue weighted by Gasteiger charge is -2.21. The second-order valence-electron chi connectivity index (χ2n) is 7.48. The lowest BCUT2D eigenvalue weighted by molar-refractivity contribution is -0.139. The number of carbonyl (C=O) groups excluding carboxylic acids is 4. The number of nitrogens with two attached hydrogens (primary N) is 5. The van der Waals surface area contributed by atoms with Crippen molar-refractivity contribution >= 4 is 23.6 Å². The van der Waals surface area contributed by atoms with Crippen molar-refractivity contribution in [2.24, 2.45) is 28.7 Å². The molecule has 12 N–H and O–H groups in total. The SMILES string of the molecule is NCCC(=O)N(CC(=O)NCCCCC(N)CN)CC(=O)NCCCCC(N)C(N)=O. The van der Waals surface area contributed by atoms with Gasteiger partial charge in [-0.3, -0.25) is 19.2 Å². The summed E-state index contributed by atoms with van der Waals surface area (Å²) in [6.45, 7) is 0.906. The van der Waals surface area contributed by atoms with Crippen molar-refractivity contribution in [1.29, 1.82) is 0 Å². The second-order valence-corrected chi connectivity index (χ2v) is 7.48. The second kappa shape index (κ2) is 17.4. The molecule has 0 aromatic rings. The van der Waals surface area contributed by atoms with Crippen molar-refractivity contribution in [3.05, 3.63) is 0 Å². The molecule has 0 aliphatic rings. The van der Waals surface area contributed by atoms with Crippen LogP contribution in [-0.2, 0) is 19.2 Å². The molecule has 0 radical (unpaired) electrons. The number of rotatable bonds is 18. The summed E-state index contributed by atoms with van der Waals surface area (Å²) >= 11 is 0. The molecular weight excluding hydrogens is 404 g/mol. The molecule has 0 saturated carbocycles. The summed E-state index contributed by atoms with van der Waals surface area (Å²) in [6.07, 6.45) is 4.07. The molecule has 0 spiro atoms. The number of amides is 4. The van der Waals surface area contributed by atoms with Crippen molar-refractivity contribution in [1.82, 2.24) is 15.5 Å². The molecule has 4 amide bonds. The smallest absolute Gasteiger partial charge is 0.239 e. The summed E-state index contributed by atoms with van der Waals surface area (Å²) in [5.74, 6) is -1.65. The van der Waals surface area contributed by atoms with Gasteiger partial charge in [-0.2, -0.15) is 0 Å². The standard InChI is InChI=1S/C19H40N8O4/c20-8-7-18(30)27(12-16(28)25-9-3-1-5-14(22)11-21)13-17(29)26-10-4-2-6-15(23)19(24)31/h14-15H,1-13,20-23H2,(H2,24,31)(H,25,28)(H,26,29). The highest BCUT2D eigenvalue weighted by Crippen LogP contribution is 1.99. The van der Waals surface area contributed by atoms with E-state index in [1.807, 2.05) is 0 Å². The average Bonchev–Trinajstić information content (AvgIpc) is 2.72. The predicted molar refractivity (Wildman–Crippen MR) is 118 cm³/mol. The fourth-order valence-corrected chi connectivity index (χ4v) is 2.71. The number of unbranched alkanes of at least 4 members (excludes halogenated alkanes) is 2. The minimum atomic E-state index is -0.698. The lowest BCUT2D eigenvalue weighted by atomic mass is 10.1. The van der Waals surface area contributed by atoms with E-state index >= 15 is 0 Å². The van der Waals surface area contributed by atoms with Crippen molar-refractivity contribution in [3.8, 4) is 0 Å². The summed E-state index contributed by atoms with van der Waals surface area (Å²) in [5.41, 5.74) is 27.2. The molecule has 0 aliphatic heterocycles. The molecule has 0 aliphatic carbocycles. The fourth-order valence-electron chi connectivity index (χ4n) is 2.71. The number of carbonyl (C=O) groups is 4. The molecule has 180 valence electrons. The molecule has 0 saturated heterocycles. The van der Waals surface area contributed by atoms with Gasteiger partial charge < -0.3 is 44.2 Å². The van der Waals surface area contributed by atoms with E-state index in [0.29, 0.717) is 38.9 Å². The van der Waals surface area contributed by atoms with Gasteiger partial charge in [0.2, 0.25) is 23.6 Å². The van der Waals surface area contributed by atoms with Crippen LogP contribution in [0.15, 0.2) is 0 Å². The Morgan fingerprint density at radius 3 is 1.77 bits per heavy atom. The Bertz CT molecular complexity index is 561. The molecule has 0 bridgehead atoms. The van der Waals surface area contributed by atoms with Crippen LogP contribution in [0.25, 0.3) is 0 Å². The largest absolute Gasteiger partial charge is 0.368 e. The maximum Gasteiger partial charge on any atom is 0.239 e. The Hall–Kier alpha value is -2.28. The third-order valence-corrected chi connectivity index (χ3v) is 4.64. The van der Waals surface area contributed by atoms with Crippen molar-refractivity contribution < 1.29 is 19.2 Å². The zero-order valence-electron chi connectivity index (χ0n) is 18.3. The Balaban J connectivity index is 4.31. The maximum absolute atomic E-state index is 12.2. The molecule has 2 unspecified atom stereocenters. The lowest BCUT2D eigenvalue weighted by Crippen LogP contribution is -2.46. The Morgan fingerprint density at radius 2 is 1.32 bits per heavy atom. The highest BCUT2D eigenvalue weighted by atomic mass is 16.2. The number of hydrogen-bond donors (Lipinski definition) is 7. The van der Waals surface area contributed by atoms with Gasteiger partial charge in [0.05, 0.1) is 6.04 Å². The molecule has 12 heteroatoms. The van der Waals surface area contributed by atoms with Gasteiger partial charge in [0.15, 0.2) is 0 Å². The van der Waals surface area contributed by atoms with Crippen LogP contribution >= 0.6 is 0 Å². The first-order valence-electron chi connectivity index (χ1n) is 10.7. The minimum Gasteiger partial charge on any atom is -0.368 e. The highest BCUT2D eigenvalue weighted by Gasteiger charge is 2.19. The first kappa shape index (κ1) is 28.7. The summed E-state index contributed by atoms with van der Waals surface area (Å²) in [6, 6.07) is -0.741. The summed E-state index contributed by atoms with van der Waals surface area (Å²) in [5, 5.41) is 5.42. The number of hydrogen-bond acceptors (Lipinski definition) is 8. The van der Waals surface area contributed by atoms with Crippen LogP contribution < -0.4 is 39.3 Å². The van der Waals surface area contributed by atoms with Gasteiger partial charge in [-0.1, -0.05) is 6.42 Å². The van der Waals surface area contributed by atoms with Crippen LogP contribution in [0.3, 0.4) is 0 Å². The van der Waals surface area contributed by atoms with E-state index in [1.165, 1.54) is 4.90 Å². The van der Waals surface area contributed by atoms with E-state index in [1.54, 1.807) is 0 Å². The Morgan fingerprint density at radius 1 is 0.806 bits per heavy atom. The number of nitrogens with zero attached hydrogens (tertiary/aromatic N) is 1. The van der Waals surface area contributed by atoms with Gasteiger partial charge >= 0.3 is 0 Å².